The zero-order valence-electron chi connectivity index (χ0n) is 14.2. The summed E-state index contributed by atoms with van der Waals surface area (Å²) in [6.45, 7) is 7.81. The maximum Gasteiger partial charge on any atom is 0.299 e. The monoisotopic (exact) mass is 323 g/mol. The maximum atomic E-state index is 5.88. The molecule has 2 aromatic heterocycles. The van der Waals surface area contributed by atoms with E-state index in [0.717, 1.165) is 16.9 Å². The number of rotatable bonds is 3. The van der Waals surface area contributed by atoms with Crippen molar-refractivity contribution in [3.05, 3.63) is 48.2 Å². The third kappa shape index (κ3) is 2.70. The molecule has 0 bridgehead atoms. The van der Waals surface area contributed by atoms with Crippen molar-refractivity contribution in [2.24, 2.45) is 0 Å². The molecule has 1 atom stereocenters. The molecule has 24 heavy (non-hydrogen) atoms. The van der Waals surface area contributed by atoms with E-state index in [-0.39, 0.29) is 11.5 Å². The van der Waals surface area contributed by atoms with Crippen molar-refractivity contribution in [3.63, 3.8) is 0 Å². The van der Waals surface area contributed by atoms with E-state index in [4.69, 9.17) is 9.47 Å². The van der Waals surface area contributed by atoms with Gasteiger partial charge in [-0.2, -0.15) is 4.98 Å². The Morgan fingerprint density at radius 3 is 2.75 bits per heavy atom. The minimum atomic E-state index is -0.0406. The molecule has 0 fully saturated rings. The van der Waals surface area contributed by atoms with Gasteiger partial charge in [-0.1, -0.05) is 32.9 Å². The fraction of sp³-hybridized carbons (Fsp3) is 0.368. The smallest absolute Gasteiger partial charge is 0.299 e. The summed E-state index contributed by atoms with van der Waals surface area (Å²) in [4.78, 5) is 8.84. The van der Waals surface area contributed by atoms with Crippen LogP contribution in [0.2, 0.25) is 0 Å². The van der Waals surface area contributed by atoms with Gasteiger partial charge < -0.3 is 9.47 Å². The number of pyridine rings is 1. The molecule has 1 aromatic carbocycles. The first-order valence-electron chi connectivity index (χ1n) is 8.22. The molecule has 0 saturated heterocycles. The molecule has 0 aliphatic carbocycles. The predicted octanol–water partition coefficient (Wildman–Crippen LogP) is 3.57. The molecule has 0 amide bonds. The summed E-state index contributed by atoms with van der Waals surface area (Å²) in [5, 5.41) is 0. The van der Waals surface area contributed by atoms with Crippen molar-refractivity contribution in [1.29, 1.82) is 0 Å². The van der Waals surface area contributed by atoms with Crippen LogP contribution in [0.5, 0.6) is 11.8 Å². The standard InChI is InChI=1S/C19H21N3O2/c1-19(2,3)13-6-8-14(9-7-13)23-12-15-11-22-17-16(5-4-10-20-17)21-18(22)24-15/h4-10,15H,11-12H2,1-3H3. The van der Waals surface area contributed by atoms with E-state index in [1.807, 2.05) is 28.8 Å². The second-order valence-corrected chi connectivity index (χ2v) is 7.18. The average Bonchev–Trinajstić information content (AvgIpc) is 3.10. The normalized spacial score (nSPS) is 16.9. The Balaban J connectivity index is 1.40. The molecule has 5 nitrogen and oxygen atoms in total. The van der Waals surface area contributed by atoms with E-state index in [9.17, 15) is 0 Å². The average molecular weight is 323 g/mol. The molecule has 0 spiro atoms. The molecule has 5 heteroatoms. The maximum absolute atomic E-state index is 5.88. The summed E-state index contributed by atoms with van der Waals surface area (Å²) < 4.78 is 13.8. The SMILES string of the molecule is CC(C)(C)c1ccc(OCC2Cn3c(nc4cccnc43)O2)cc1. The second-order valence-electron chi connectivity index (χ2n) is 7.18. The van der Waals surface area contributed by atoms with Gasteiger partial charge >= 0.3 is 0 Å². The van der Waals surface area contributed by atoms with Crippen LogP contribution in [-0.2, 0) is 12.0 Å². The van der Waals surface area contributed by atoms with Gasteiger partial charge in [0.1, 0.15) is 17.9 Å². The van der Waals surface area contributed by atoms with Crippen LogP contribution >= 0.6 is 0 Å². The van der Waals surface area contributed by atoms with Crippen LogP contribution < -0.4 is 9.47 Å². The van der Waals surface area contributed by atoms with Gasteiger partial charge in [0.05, 0.1) is 6.54 Å². The van der Waals surface area contributed by atoms with Crippen molar-refractivity contribution in [3.8, 4) is 11.8 Å². The van der Waals surface area contributed by atoms with Gasteiger partial charge in [0.25, 0.3) is 6.01 Å². The first-order chi connectivity index (χ1) is 11.5. The third-order valence-corrected chi connectivity index (χ3v) is 4.28. The summed E-state index contributed by atoms with van der Waals surface area (Å²) in [7, 11) is 0. The lowest BCUT2D eigenvalue weighted by Gasteiger charge is -2.19. The fourth-order valence-electron chi connectivity index (χ4n) is 2.91. The van der Waals surface area contributed by atoms with Crippen LogP contribution in [0, 0.1) is 0 Å². The molecule has 3 aromatic rings. The largest absolute Gasteiger partial charge is 0.490 e. The highest BCUT2D eigenvalue weighted by atomic mass is 16.6. The highest BCUT2D eigenvalue weighted by Crippen LogP contribution is 2.27. The van der Waals surface area contributed by atoms with Crippen molar-refractivity contribution < 1.29 is 9.47 Å². The Labute approximate surface area is 141 Å². The number of hydrogen-bond donors (Lipinski definition) is 0. The number of benzene rings is 1. The topological polar surface area (TPSA) is 49.2 Å². The number of imidazole rings is 1. The van der Waals surface area contributed by atoms with Gasteiger partial charge in [-0.05, 0) is 35.2 Å². The van der Waals surface area contributed by atoms with Crippen LogP contribution in [0.1, 0.15) is 26.3 Å². The molecule has 124 valence electrons. The van der Waals surface area contributed by atoms with E-state index >= 15 is 0 Å². The van der Waals surface area contributed by atoms with Crippen LogP contribution in [0.25, 0.3) is 11.2 Å². The van der Waals surface area contributed by atoms with Crippen molar-refractivity contribution >= 4 is 11.2 Å². The Bertz CT molecular complexity index is 862. The molecule has 1 aliphatic rings. The molecule has 0 saturated carbocycles. The van der Waals surface area contributed by atoms with E-state index in [1.165, 1.54) is 5.56 Å². The van der Waals surface area contributed by atoms with Crippen LogP contribution in [0.4, 0.5) is 0 Å². The lowest BCUT2D eigenvalue weighted by molar-refractivity contribution is 0.144. The molecule has 4 rings (SSSR count). The van der Waals surface area contributed by atoms with Crippen LogP contribution in [0.3, 0.4) is 0 Å². The summed E-state index contributed by atoms with van der Waals surface area (Å²) in [6.07, 6.45) is 1.74. The zero-order chi connectivity index (χ0) is 16.7. The van der Waals surface area contributed by atoms with Gasteiger partial charge in [-0.3, -0.25) is 4.57 Å². The number of fused-ring (bicyclic) bond motifs is 3. The van der Waals surface area contributed by atoms with Crippen LogP contribution in [0.15, 0.2) is 42.6 Å². The second kappa shape index (κ2) is 5.51. The van der Waals surface area contributed by atoms with Gasteiger partial charge in [0, 0.05) is 6.20 Å². The number of hydrogen-bond acceptors (Lipinski definition) is 4. The molecular weight excluding hydrogens is 302 g/mol. The van der Waals surface area contributed by atoms with Gasteiger partial charge in [0.2, 0.25) is 0 Å². The van der Waals surface area contributed by atoms with Crippen molar-refractivity contribution in [2.45, 2.75) is 38.8 Å². The summed E-state index contributed by atoms with van der Waals surface area (Å²) in [5.41, 5.74) is 3.18. The van der Waals surface area contributed by atoms with Crippen molar-refractivity contribution in [1.82, 2.24) is 14.5 Å². The highest BCUT2D eigenvalue weighted by Gasteiger charge is 2.27. The minimum Gasteiger partial charge on any atom is -0.490 e. The third-order valence-electron chi connectivity index (χ3n) is 4.28. The van der Waals surface area contributed by atoms with Gasteiger partial charge in [0.15, 0.2) is 11.8 Å². The molecular formula is C19H21N3O2. The Kier molecular flexibility index (Phi) is 3.44. The van der Waals surface area contributed by atoms with Gasteiger partial charge in [-0.15, -0.1) is 0 Å². The number of ether oxygens (including phenoxy) is 2. The van der Waals surface area contributed by atoms with E-state index in [0.29, 0.717) is 19.2 Å². The molecule has 0 N–H and O–H groups in total. The Hall–Kier alpha value is -2.56. The summed E-state index contributed by atoms with van der Waals surface area (Å²) >= 11 is 0. The van der Waals surface area contributed by atoms with Gasteiger partial charge in [-0.25, -0.2) is 4.98 Å². The first-order valence-corrected chi connectivity index (χ1v) is 8.22. The van der Waals surface area contributed by atoms with Crippen molar-refractivity contribution in [2.75, 3.05) is 6.61 Å². The Morgan fingerprint density at radius 1 is 1.21 bits per heavy atom. The minimum absolute atomic E-state index is 0.0406. The Morgan fingerprint density at radius 2 is 2.00 bits per heavy atom. The lowest BCUT2D eigenvalue weighted by atomic mass is 9.87. The quantitative estimate of drug-likeness (QED) is 0.739. The lowest BCUT2D eigenvalue weighted by Crippen LogP contribution is -2.23. The first kappa shape index (κ1) is 15.0. The number of nitrogens with zero attached hydrogens (tertiary/aromatic N) is 3. The predicted molar refractivity (Wildman–Crippen MR) is 92.6 cm³/mol. The van der Waals surface area contributed by atoms with E-state index in [2.05, 4.69) is 42.9 Å². The van der Waals surface area contributed by atoms with E-state index in [1.54, 1.807) is 6.20 Å². The molecule has 1 aliphatic heterocycles. The summed E-state index contributed by atoms with van der Waals surface area (Å²) in [6, 6.07) is 12.7. The summed E-state index contributed by atoms with van der Waals surface area (Å²) in [5.74, 6) is 0.860. The highest BCUT2D eigenvalue weighted by molar-refractivity contribution is 5.72. The van der Waals surface area contributed by atoms with E-state index < -0.39 is 0 Å². The molecule has 3 heterocycles. The number of aromatic nitrogens is 3. The van der Waals surface area contributed by atoms with Crippen LogP contribution in [-0.4, -0.2) is 27.2 Å². The fourth-order valence-corrected chi connectivity index (χ4v) is 2.91. The molecule has 1 unspecified atom stereocenters. The zero-order valence-corrected chi connectivity index (χ0v) is 14.2. The molecule has 0 radical (unpaired) electrons.